The topological polar surface area (TPSA) is 18.5 Å². The number of ether oxygens (including phenoxy) is 2. The first-order valence-electron chi connectivity index (χ1n) is 9.66. The average molecular weight is 571 g/mol. The van der Waals surface area contributed by atoms with Crippen LogP contribution in [0.2, 0.25) is 0 Å². The summed E-state index contributed by atoms with van der Waals surface area (Å²) in [7, 11) is 3.44. The third-order valence-corrected chi connectivity index (χ3v) is 32.3. The fraction of sp³-hybridized carbons (Fsp3) is 0.364. The van der Waals surface area contributed by atoms with Gasteiger partial charge < -0.3 is 0 Å². The van der Waals surface area contributed by atoms with Crippen LogP contribution >= 0.6 is 42.3 Å². The molecule has 2 rings (SSSR count). The van der Waals surface area contributed by atoms with E-state index < -0.39 is 15.6 Å². The second-order valence-corrected chi connectivity index (χ2v) is 30.1. The Kier molecular flexibility index (Phi) is 10.8. The van der Waals surface area contributed by atoms with Crippen molar-refractivity contribution in [1.82, 2.24) is 0 Å². The molecule has 0 aliphatic rings. The van der Waals surface area contributed by atoms with Gasteiger partial charge >= 0.3 is 197 Å². The van der Waals surface area contributed by atoms with Crippen molar-refractivity contribution in [2.75, 3.05) is 13.2 Å². The average Bonchev–Trinajstić information content (AvgIpc) is 2.71. The summed E-state index contributed by atoms with van der Waals surface area (Å²) in [4.78, 5) is 0. The van der Waals surface area contributed by atoms with Crippen molar-refractivity contribution in [2.45, 2.75) is 27.7 Å². The number of thiocarbonyl (C=S) groups is 2. The Morgan fingerprint density at radius 1 is 0.724 bits per heavy atom. The van der Waals surface area contributed by atoms with Gasteiger partial charge in [-0.3, -0.25) is 0 Å². The molecule has 0 bridgehead atoms. The predicted molar refractivity (Wildman–Crippen MR) is 140 cm³/mol. The van der Waals surface area contributed by atoms with Crippen LogP contribution in [0.25, 0.3) is 0 Å². The van der Waals surface area contributed by atoms with Crippen molar-refractivity contribution in [3.63, 3.8) is 0 Å². The van der Waals surface area contributed by atoms with E-state index in [4.69, 9.17) is 33.9 Å². The van der Waals surface area contributed by atoms with E-state index in [2.05, 4.69) is 76.2 Å². The van der Waals surface area contributed by atoms with Crippen LogP contribution in [0.1, 0.15) is 27.7 Å². The molecular weight excluding hydrogens is 543 g/mol. The minimum absolute atomic E-state index is 0.426. The first-order chi connectivity index (χ1) is 13.8. The molecule has 0 N–H and O–H groups in total. The summed E-state index contributed by atoms with van der Waals surface area (Å²) in [6, 6.07) is 21.2. The summed E-state index contributed by atoms with van der Waals surface area (Å²) < 4.78 is 15.7. The summed E-state index contributed by atoms with van der Waals surface area (Å²) in [6.07, 6.45) is 0. The third kappa shape index (κ3) is 8.05. The first kappa shape index (κ1) is 25.0. The van der Waals surface area contributed by atoms with Gasteiger partial charge in [0.2, 0.25) is 0 Å². The molecule has 0 spiro atoms. The molecule has 0 saturated carbocycles. The monoisotopic (exact) mass is 572 g/mol. The number of benzene rings is 2. The van der Waals surface area contributed by atoms with E-state index >= 15 is 0 Å². The molecule has 0 atom stereocenters. The van der Waals surface area contributed by atoms with Crippen LogP contribution < -0.4 is 7.16 Å². The molecule has 2 nitrogen and oxygen atoms in total. The van der Waals surface area contributed by atoms with Gasteiger partial charge in [0.15, 0.2) is 0 Å². The zero-order valence-electron chi connectivity index (χ0n) is 17.3. The van der Waals surface area contributed by atoms with E-state index in [0.29, 0.717) is 33.8 Å². The van der Waals surface area contributed by atoms with Crippen molar-refractivity contribution >= 4 is 73.9 Å². The van der Waals surface area contributed by atoms with Gasteiger partial charge in [-0.05, 0) is 0 Å². The second-order valence-electron chi connectivity index (χ2n) is 7.46. The van der Waals surface area contributed by atoms with E-state index in [9.17, 15) is 0 Å². The number of hydrogen-bond acceptors (Lipinski definition) is 6. The molecule has 7 heteroatoms. The Hall–Kier alpha value is -0.281. The summed E-state index contributed by atoms with van der Waals surface area (Å²) in [5, 5.41) is 0. The molecule has 0 fully saturated rings. The Balaban J connectivity index is 2.44. The Morgan fingerprint density at radius 2 is 1.07 bits per heavy atom. The molecule has 2 aromatic rings. The van der Waals surface area contributed by atoms with Crippen LogP contribution in [-0.2, 0) is 9.47 Å². The summed E-state index contributed by atoms with van der Waals surface area (Å²) in [5.74, 6) is 0.851. The molecule has 0 unspecified atom stereocenters. The van der Waals surface area contributed by atoms with Gasteiger partial charge in [-0.15, -0.1) is 0 Å². The molecule has 156 valence electrons. The number of rotatable bonds is 8. The minimum atomic E-state index is -3.50. The standard InChI is InChI=1S/2C6H5.2C5H10OS2.Sn/c2*1-2-4-6-5-3-1;2*1-4(2)3-6-5(7)8;/h2*1-5H;2*4H,3H2,1-2H3,(H,7,8);/q;;;;+2/p-2. The van der Waals surface area contributed by atoms with Gasteiger partial charge in [-0.25, -0.2) is 0 Å². The Labute approximate surface area is 195 Å². The van der Waals surface area contributed by atoms with E-state index in [-0.39, 0.29) is 0 Å². The van der Waals surface area contributed by atoms with Crippen LogP contribution in [0.4, 0.5) is 0 Å². The SMILES string of the molecule is CC(C)COC(=S)[S][Sn]([S]C(=S)OCC(C)C)([c]1ccccc1)[c]1ccccc1. The molecule has 29 heavy (non-hydrogen) atoms. The van der Waals surface area contributed by atoms with Crippen molar-refractivity contribution in [2.24, 2.45) is 11.8 Å². The van der Waals surface area contributed by atoms with E-state index in [0.717, 1.165) is 0 Å². The third-order valence-electron chi connectivity index (χ3n) is 3.83. The van der Waals surface area contributed by atoms with Gasteiger partial charge in [0, 0.05) is 0 Å². The molecule has 0 radical (unpaired) electrons. The number of hydrogen-bond donors (Lipinski definition) is 0. The fourth-order valence-corrected chi connectivity index (χ4v) is 32.5. The molecule has 0 amide bonds. The zero-order chi connectivity index (χ0) is 21.3. The molecule has 0 aliphatic heterocycles. The second kappa shape index (κ2) is 12.5. The van der Waals surface area contributed by atoms with Gasteiger partial charge in [0.05, 0.1) is 0 Å². The van der Waals surface area contributed by atoms with Crippen LogP contribution in [0.3, 0.4) is 0 Å². The first-order valence-corrected chi connectivity index (χ1v) is 22.0. The van der Waals surface area contributed by atoms with Crippen molar-refractivity contribution in [1.29, 1.82) is 0 Å². The maximum absolute atomic E-state index is 5.93. The molecule has 0 aliphatic carbocycles. The van der Waals surface area contributed by atoms with Crippen molar-refractivity contribution in [3.8, 4) is 0 Å². The van der Waals surface area contributed by atoms with Crippen molar-refractivity contribution < 1.29 is 9.47 Å². The Bertz CT molecular complexity index is 714. The summed E-state index contributed by atoms with van der Waals surface area (Å²) >= 11 is 7.85. The Morgan fingerprint density at radius 3 is 1.38 bits per heavy atom. The van der Waals surface area contributed by atoms with Crippen LogP contribution in [-0.4, -0.2) is 37.6 Å². The summed E-state index contributed by atoms with van der Waals surface area (Å²) in [5.41, 5.74) is 0. The van der Waals surface area contributed by atoms with E-state index in [1.165, 1.54) is 7.16 Å². The van der Waals surface area contributed by atoms with Crippen LogP contribution in [0.15, 0.2) is 60.7 Å². The molecule has 0 aromatic heterocycles. The van der Waals surface area contributed by atoms with Gasteiger partial charge in [-0.2, -0.15) is 0 Å². The predicted octanol–water partition coefficient (Wildman–Crippen LogP) is 5.62. The van der Waals surface area contributed by atoms with Gasteiger partial charge in [-0.1, -0.05) is 0 Å². The maximum atomic E-state index is 5.93. The zero-order valence-corrected chi connectivity index (χ0v) is 23.4. The van der Waals surface area contributed by atoms with Crippen LogP contribution in [0, 0.1) is 11.8 Å². The molecule has 2 aromatic carbocycles. The quantitative estimate of drug-likeness (QED) is 0.300. The van der Waals surface area contributed by atoms with Crippen LogP contribution in [0.5, 0.6) is 0 Å². The van der Waals surface area contributed by atoms with Gasteiger partial charge in [0.1, 0.15) is 0 Å². The van der Waals surface area contributed by atoms with E-state index in [1.807, 2.05) is 12.1 Å². The fourth-order valence-electron chi connectivity index (χ4n) is 2.50. The molecule has 0 heterocycles. The van der Waals surface area contributed by atoms with Gasteiger partial charge in [0.25, 0.3) is 0 Å². The molecule has 0 saturated heterocycles. The summed E-state index contributed by atoms with van der Waals surface area (Å²) in [6.45, 7) is 9.75. The van der Waals surface area contributed by atoms with E-state index in [1.54, 1.807) is 17.9 Å². The molecular formula is C22H28O2S4Sn. The normalized spacial score (nSPS) is 11.5. The van der Waals surface area contributed by atoms with Crippen molar-refractivity contribution in [3.05, 3.63) is 60.7 Å².